The minimum atomic E-state index is -4.96. The van der Waals surface area contributed by atoms with E-state index in [1.54, 1.807) is 0 Å². The molecule has 0 amide bonds. The average Bonchev–Trinajstić information content (AvgIpc) is 2.52. The summed E-state index contributed by atoms with van der Waals surface area (Å²) in [6, 6.07) is 5.07. The molecule has 2 nitrogen and oxygen atoms in total. The van der Waals surface area contributed by atoms with Crippen LogP contribution in [-0.2, 0) is 12.4 Å². The number of hydrogen-bond acceptors (Lipinski definition) is 2. The lowest BCUT2D eigenvalue weighted by Crippen LogP contribution is -2.11. The zero-order valence-electron chi connectivity index (χ0n) is 13.1. The molecule has 0 spiro atoms. The molecule has 0 saturated heterocycles. The number of carbonyl (C=O) groups is 1. The maximum Gasteiger partial charge on any atom is 0.416 e. The Bertz CT molecular complexity index is 858. The molecular weight excluding hydrogens is 419 g/mol. The van der Waals surface area contributed by atoms with Crippen molar-refractivity contribution in [1.29, 1.82) is 0 Å². The van der Waals surface area contributed by atoms with Gasteiger partial charge in [0.05, 0.1) is 16.1 Å². The van der Waals surface area contributed by atoms with Gasteiger partial charge in [0.15, 0.2) is 5.78 Å². The number of halogens is 8. The van der Waals surface area contributed by atoms with Crippen molar-refractivity contribution in [2.24, 2.45) is 0 Å². The highest BCUT2D eigenvalue weighted by atomic mass is 35.5. The van der Waals surface area contributed by atoms with E-state index in [4.69, 9.17) is 23.2 Å². The lowest BCUT2D eigenvalue weighted by molar-refractivity contribution is -0.143. The number of carbonyl (C=O) groups excluding carboxylic acids is 1. The lowest BCUT2D eigenvalue weighted by Gasteiger charge is -2.14. The molecule has 0 heterocycles. The largest absolute Gasteiger partial charge is 0.416 e. The van der Waals surface area contributed by atoms with E-state index in [1.165, 1.54) is 18.2 Å². The van der Waals surface area contributed by atoms with E-state index in [0.29, 0.717) is 17.2 Å². The first kappa shape index (κ1) is 21.1. The molecule has 0 aliphatic carbocycles. The van der Waals surface area contributed by atoms with Crippen LogP contribution in [-0.4, -0.2) is 5.78 Å². The quantitative estimate of drug-likeness (QED) is 0.328. The average molecular weight is 428 g/mol. The van der Waals surface area contributed by atoms with Gasteiger partial charge < -0.3 is 5.32 Å². The maximum atomic E-state index is 12.8. The summed E-state index contributed by atoms with van der Waals surface area (Å²) in [7, 11) is 0. The van der Waals surface area contributed by atoms with Crippen LogP contribution in [0.5, 0.6) is 0 Å². The molecule has 1 N–H and O–H groups in total. The molecule has 0 aliphatic rings. The van der Waals surface area contributed by atoms with Crippen molar-refractivity contribution < 1.29 is 31.1 Å². The zero-order chi connectivity index (χ0) is 20.4. The van der Waals surface area contributed by atoms with E-state index in [-0.39, 0.29) is 16.7 Å². The maximum absolute atomic E-state index is 12.8. The van der Waals surface area contributed by atoms with E-state index in [2.05, 4.69) is 5.32 Å². The van der Waals surface area contributed by atoms with Crippen molar-refractivity contribution in [1.82, 2.24) is 0 Å². The molecule has 0 saturated carbocycles. The van der Waals surface area contributed by atoms with Gasteiger partial charge in [-0.3, -0.25) is 4.79 Å². The van der Waals surface area contributed by atoms with E-state index < -0.39 is 35.0 Å². The summed E-state index contributed by atoms with van der Waals surface area (Å²) in [5, 5.41) is 2.58. The van der Waals surface area contributed by atoms with E-state index in [9.17, 15) is 31.1 Å². The molecule has 27 heavy (non-hydrogen) atoms. The van der Waals surface area contributed by atoms with Crippen LogP contribution in [0.1, 0.15) is 21.5 Å². The Morgan fingerprint density at radius 1 is 0.889 bits per heavy atom. The fraction of sp³-hybridized carbons (Fsp3) is 0.118. The molecule has 0 bridgehead atoms. The lowest BCUT2D eigenvalue weighted by atomic mass is 10.1. The smallest absolute Gasteiger partial charge is 0.362 e. The third-order valence-electron chi connectivity index (χ3n) is 3.27. The first-order chi connectivity index (χ1) is 12.4. The molecule has 2 aromatic carbocycles. The number of alkyl halides is 6. The number of nitrogens with one attached hydrogen (secondary N) is 1. The highest BCUT2D eigenvalue weighted by Crippen LogP contribution is 2.37. The summed E-state index contributed by atoms with van der Waals surface area (Å²) >= 11 is 11.6. The highest BCUT2D eigenvalue weighted by Gasteiger charge is 2.36. The van der Waals surface area contributed by atoms with Gasteiger partial charge in [-0.15, -0.1) is 0 Å². The van der Waals surface area contributed by atoms with Crippen LogP contribution in [0, 0.1) is 0 Å². The fourth-order valence-electron chi connectivity index (χ4n) is 2.03. The second-order valence-electron chi connectivity index (χ2n) is 5.26. The van der Waals surface area contributed by atoms with Gasteiger partial charge in [-0.25, -0.2) is 0 Å². The van der Waals surface area contributed by atoms with Crippen molar-refractivity contribution >= 4 is 34.7 Å². The summed E-state index contributed by atoms with van der Waals surface area (Å²) in [5.74, 6) is -0.618. The molecule has 0 atom stereocenters. The number of rotatable bonds is 4. The van der Waals surface area contributed by atoms with Gasteiger partial charge in [0.1, 0.15) is 0 Å². The summed E-state index contributed by atoms with van der Waals surface area (Å²) in [6.07, 6.45) is -8.09. The second kappa shape index (κ2) is 7.82. The van der Waals surface area contributed by atoms with Gasteiger partial charge in [0, 0.05) is 28.5 Å². The first-order valence-corrected chi connectivity index (χ1v) is 7.85. The van der Waals surface area contributed by atoms with Crippen LogP contribution in [0.4, 0.5) is 32.0 Å². The summed E-state index contributed by atoms with van der Waals surface area (Å²) in [5.41, 5.74) is -3.36. The van der Waals surface area contributed by atoms with Crippen molar-refractivity contribution in [2.75, 3.05) is 5.32 Å². The number of anilines is 1. The fourth-order valence-corrected chi connectivity index (χ4v) is 2.53. The monoisotopic (exact) mass is 427 g/mol. The van der Waals surface area contributed by atoms with Crippen molar-refractivity contribution in [3.63, 3.8) is 0 Å². The van der Waals surface area contributed by atoms with Gasteiger partial charge >= 0.3 is 12.4 Å². The van der Waals surface area contributed by atoms with E-state index in [0.717, 1.165) is 12.3 Å². The van der Waals surface area contributed by atoms with Gasteiger partial charge in [-0.05, 0) is 36.4 Å². The van der Waals surface area contributed by atoms with Crippen LogP contribution in [0.2, 0.25) is 10.0 Å². The number of ketones is 1. The van der Waals surface area contributed by atoms with Gasteiger partial charge in [-0.2, -0.15) is 26.3 Å². The van der Waals surface area contributed by atoms with Crippen molar-refractivity contribution in [2.45, 2.75) is 12.4 Å². The molecule has 2 rings (SSSR count). The number of benzene rings is 2. The van der Waals surface area contributed by atoms with Crippen LogP contribution >= 0.6 is 23.2 Å². The Morgan fingerprint density at radius 3 is 1.93 bits per heavy atom. The summed E-state index contributed by atoms with van der Waals surface area (Å²) in [4.78, 5) is 12.0. The molecular formula is C17H9Cl2F6NO. The Hall–Kier alpha value is -2.19. The topological polar surface area (TPSA) is 29.1 Å². The molecule has 144 valence electrons. The summed E-state index contributed by atoms with van der Waals surface area (Å²) < 4.78 is 76.8. The number of allylic oxidation sites excluding steroid dienone is 1. The molecule has 10 heteroatoms. The van der Waals surface area contributed by atoms with E-state index in [1.807, 2.05) is 0 Å². The number of hydrogen-bond donors (Lipinski definition) is 1. The minimum absolute atomic E-state index is 0.00747. The zero-order valence-corrected chi connectivity index (χ0v) is 14.6. The SMILES string of the molecule is O=C(C=CNc1cc(C(F)(F)F)cc(C(F)(F)F)c1)c1ccc(Cl)cc1Cl. The second-order valence-corrected chi connectivity index (χ2v) is 6.10. The molecule has 0 unspecified atom stereocenters. The van der Waals surface area contributed by atoms with Crippen LogP contribution < -0.4 is 5.32 Å². The molecule has 0 aromatic heterocycles. The van der Waals surface area contributed by atoms with Crippen LogP contribution in [0.15, 0.2) is 48.7 Å². The Kier molecular flexibility index (Phi) is 6.11. The van der Waals surface area contributed by atoms with Crippen LogP contribution in [0.3, 0.4) is 0 Å². The Balaban J connectivity index is 2.26. The molecule has 0 aliphatic heterocycles. The first-order valence-electron chi connectivity index (χ1n) is 7.10. The molecule has 0 fully saturated rings. The van der Waals surface area contributed by atoms with E-state index >= 15 is 0 Å². The van der Waals surface area contributed by atoms with Gasteiger partial charge in [0.2, 0.25) is 0 Å². The molecule has 2 aromatic rings. The predicted octanol–water partition coefficient (Wildman–Crippen LogP) is 6.84. The highest BCUT2D eigenvalue weighted by molar-refractivity contribution is 6.37. The van der Waals surface area contributed by atoms with Crippen molar-refractivity contribution in [3.05, 3.63) is 75.4 Å². The Labute approximate surface area is 159 Å². The van der Waals surface area contributed by atoms with Gasteiger partial charge in [0.25, 0.3) is 0 Å². The van der Waals surface area contributed by atoms with Crippen LogP contribution in [0.25, 0.3) is 0 Å². The molecule has 0 radical (unpaired) electrons. The Morgan fingerprint density at radius 2 is 1.44 bits per heavy atom. The predicted molar refractivity (Wildman–Crippen MR) is 90.0 cm³/mol. The third kappa shape index (κ3) is 5.64. The van der Waals surface area contributed by atoms with Gasteiger partial charge in [-0.1, -0.05) is 23.2 Å². The minimum Gasteiger partial charge on any atom is -0.362 e. The normalized spacial score (nSPS) is 12.4. The third-order valence-corrected chi connectivity index (χ3v) is 3.82. The van der Waals surface area contributed by atoms with Crippen molar-refractivity contribution in [3.8, 4) is 0 Å². The summed E-state index contributed by atoms with van der Waals surface area (Å²) in [6.45, 7) is 0. The standard InChI is InChI=1S/C17H9Cl2F6NO/c18-11-1-2-13(14(19)8-11)15(27)3-4-26-12-6-9(16(20,21)22)5-10(7-12)17(23,24)25/h1-8,26H.